The van der Waals surface area contributed by atoms with Crippen molar-refractivity contribution < 1.29 is 47.9 Å². The number of hydrogen-bond donors (Lipinski definition) is 19. The first-order valence-electron chi connectivity index (χ1n) is 40.3. The molecule has 3 fully saturated rings. The Kier molecular flexibility index (Phi) is 35.5. The molecule has 3 aliphatic rings. The molecule has 0 bridgehead atoms. The van der Waals surface area contributed by atoms with Crippen molar-refractivity contribution in [2.75, 3.05) is 43.4 Å². The number of unbranched alkanes of at least 4 members (excludes halogenated alkanes) is 3. The van der Waals surface area contributed by atoms with Crippen molar-refractivity contribution in [3.05, 3.63) is 56.1 Å². The van der Waals surface area contributed by atoms with Crippen LogP contribution in [0.5, 0.6) is 0 Å². The molecular formula is C74H119N27O13. The summed E-state index contributed by atoms with van der Waals surface area (Å²) in [4.78, 5) is 203. The number of hydrogen-bond acceptors (Lipinski definition) is 25. The number of carbonyl (C=O) groups is 10. The van der Waals surface area contributed by atoms with Crippen molar-refractivity contribution in [3.63, 3.8) is 0 Å². The number of aromatic amines is 2. The Hall–Kier alpha value is -10.5. The Bertz CT molecular complexity index is 4240. The average Bonchev–Trinajstić information content (AvgIpc) is 1.66. The maximum absolute atomic E-state index is 14.7. The largest absolute Gasteiger partial charge is 0.383 e. The number of aryl methyl sites for hydroxylation is 3. The number of imidazole rings is 2. The molecule has 0 saturated heterocycles. The van der Waals surface area contributed by atoms with E-state index in [1.807, 2.05) is 0 Å². The summed E-state index contributed by atoms with van der Waals surface area (Å²) >= 11 is 0. The van der Waals surface area contributed by atoms with E-state index in [1.54, 1.807) is 9.13 Å². The van der Waals surface area contributed by atoms with Gasteiger partial charge in [0.1, 0.15) is 5.82 Å². The van der Waals surface area contributed by atoms with E-state index in [9.17, 15) is 62.3 Å². The molecule has 114 heavy (non-hydrogen) atoms. The second-order valence-corrected chi connectivity index (χ2v) is 30.6. The van der Waals surface area contributed by atoms with Gasteiger partial charge in [-0.25, -0.2) is 14.8 Å². The molecule has 628 valence electrons. The van der Waals surface area contributed by atoms with Crippen LogP contribution in [-0.4, -0.2) is 188 Å². The molecule has 27 N–H and O–H groups in total. The van der Waals surface area contributed by atoms with Crippen LogP contribution in [0.2, 0.25) is 0 Å². The molecule has 0 aliphatic heterocycles. The lowest BCUT2D eigenvalue weighted by molar-refractivity contribution is -0.131. The van der Waals surface area contributed by atoms with Crippen molar-refractivity contribution in [2.24, 2.45) is 46.4 Å². The van der Waals surface area contributed by atoms with Crippen LogP contribution in [0.1, 0.15) is 199 Å². The SMILES string of the molecule is NCCCC[C@@H](N)CC(=O)N[C@H](CCn1cnc2c(=O)[nH]c(N)nc21)CC(=O)N[C@@H]1CCCC[C@H]1C(=O)N[C@H](CCCCN)CC(=O)N[C@H](CCn1ccc(N)nc1=O)CC(=O)N[C@@H]1CCCC[C@H]1C(=O)N[C@H](CCCCN)CC(=O)N[C@H](CCn1cnc2c(=O)[nH]c(N)nc21)CC(=O)N[C@@H]1CCCC[C@H]1C(=O)NCCC(N)=O. The summed E-state index contributed by atoms with van der Waals surface area (Å²) in [7, 11) is 0. The molecule has 40 heteroatoms. The Morgan fingerprint density at radius 1 is 0.447 bits per heavy atom. The van der Waals surface area contributed by atoms with Crippen LogP contribution < -0.4 is 111 Å². The van der Waals surface area contributed by atoms with Gasteiger partial charge in [0.25, 0.3) is 11.1 Å². The molecule has 3 aliphatic carbocycles. The highest BCUT2D eigenvalue weighted by atomic mass is 16.2. The third kappa shape index (κ3) is 28.6. The number of nitrogen functional groups attached to an aromatic ring is 3. The molecule has 10 amide bonds. The van der Waals surface area contributed by atoms with E-state index in [0.29, 0.717) is 129 Å². The van der Waals surface area contributed by atoms with Crippen molar-refractivity contribution in [1.29, 1.82) is 0 Å². The van der Waals surface area contributed by atoms with Crippen LogP contribution in [0.25, 0.3) is 22.3 Å². The van der Waals surface area contributed by atoms with E-state index in [2.05, 4.69) is 82.7 Å². The molecule has 3 saturated carbocycles. The number of anilines is 3. The maximum Gasteiger partial charge on any atom is 0.349 e. The van der Waals surface area contributed by atoms with Gasteiger partial charge in [0, 0.05) is 132 Å². The van der Waals surface area contributed by atoms with Crippen LogP contribution in [0, 0.1) is 17.8 Å². The standard InChI is InChI=1S/C74H119N27O13/c75-27-10-7-13-43(78)35-57(103)86-47(24-32-100-41-84-63-65(100)95-72(81)97-70(63)112)39-62(108)93-54-21-6-3-18-51(54)69(111)89-44(14-8-11-28-76)36-58(104)87-46(23-31-99-34-26-55(79)94-74(99)114)38-61(107)92-53-20-5-2-17-50(53)68(110)90-45(15-9-12-29-77)37-59(105)88-48(25-33-101-42-85-64-66(101)96-73(82)98-71(64)113)40-60(106)91-52-19-4-1-16-49(52)67(109)83-30-22-56(80)102/h26,34,41-54H,1-25,27-33,35-40,75-78H2,(H2,80,102)(H,83,109)(H,86,103)(H,87,104)(H,88,105)(H,89,111)(H,90,110)(H,91,106)(H,92,107)(H,93,108)(H2,79,94,114)(H3,81,95,97,112)(H3,82,96,98,113)/t43-,44-,45-,46-,47-,48-,49-,50-,51-,52-,53-,54-/m1/s1. The van der Waals surface area contributed by atoms with Gasteiger partial charge in [-0.3, -0.25) is 72.1 Å². The Labute approximate surface area is 659 Å². The number of primary amides is 1. The smallest absolute Gasteiger partial charge is 0.349 e. The molecule has 5 heterocycles. The van der Waals surface area contributed by atoms with Gasteiger partial charge in [-0.2, -0.15) is 15.0 Å². The molecule has 40 nitrogen and oxygen atoms in total. The molecule has 5 aromatic heterocycles. The van der Waals surface area contributed by atoms with Crippen molar-refractivity contribution in [2.45, 2.75) is 273 Å². The first-order chi connectivity index (χ1) is 54.8. The monoisotopic (exact) mass is 1590 g/mol. The zero-order valence-electron chi connectivity index (χ0n) is 65.1. The maximum atomic E-state index is 14.7. The normalized spacial score (nSPS) is 19.2. The first-order valence-corrected chi connectivity index (χ1v) is 40.3. The molecule has 5 aromatic rings. The Morgan fingerprint density at radius 3 is 1.22 bits per heavy atom. The van der Waals surface area contributed by atoms with E-state index in [0.717, 1.165) is 25.7 Å². The van der Waals surface area contributed by atoms with Gasteiger partial charge in [0.2, 0.25) is 71.0 Å². The number of nitrogens with two attached hydrogens (primary N) is 8. The minimum absolute atomic E-state index is 0.00109. The fraction of sp³-hybridized carbons (Fsp3) is 0.676. The average molecular weight is 1590 g/mol. The third-order valence-electron chi connectivity index (χ3n) is 21.5. The van der Waals surface area contributed by atoms with Gasteiger partial charge in [-0.05, 0) is 122 Å². The number of H-pyrrole nitrogens is 2. The summed E-state index contributed by atoms with van der Waals surface area (Å²) in [6.45, 7) is 1.55. The Balaban J connectivity index is 0.917. The van der Waals surface area contributed by atoms with Crippen LogP contribution in [0.3, 0.4) is 0 Å². The van der Waals surface area contributed by atoms with E-state index in [4.69, 9.17) is 45.9 Å². The van der Waals surface area contributed by atoms with Crippen molar-refractivity contribution in [1.82, 2.24) is 96.4 Å². The number of amides is 10. The first kappa shape index (κ1) is 89.1. The van der Waals surface area contributed by atoms with E-state index in [1.165, 1.54) is 29.5 Å². The predicted molar refractivity (Wildman–Crippen MR) is 424 cm³/mol. The number of nitrogens with one attached hydrogen (secondary N) is 11. The lowest BCUT2D eigenvalue weighted by Crippen LogP contribution is -2.52. The van der Waals surface area contributed by atoms with Crippen LogP contribution in [0.15, 0.2) is 39.3 Å². The van der Waals surface area contributed by atoms with Gasteiger partial charge in [0.05, 0.1) is 30.4 Å². The molecule has 12 atom stereocenters. The highest BCUT2D eigenvalue weighted by Crippen LogP contribution is 2.29. The Morgan fingerprint density at radius 2 is 0.816 bits per heavy atom. The van der Waals surface area contributed by atoms with Crippen LogP contribution >= 0.6 is 0 Å². The van der Waals surface area contributed by atoms with Gasteiger partial charge >= 0.3 is 5.69 Å². The zero-order chi connectivity index (χ0) is 82.2. The highest BCUT2D eigenvalue weighted by molar-refractivity contribution is 5.87. The van der Waals surface area contributed by atoms with Crippen LogP contribution in [-0.2, 0) is 67.6 Å². The highest BCUT2D eigenvalue weighted by Gasteiger charge is 2.38. The number of aromatic nitrogens is 10. The summed E-state index contributed by atoms with van der Waals surface area (Å²) in [6, 6.07) is -4.76. The van der Waals surface area contributed by atoms with E-state index >= 15 is 0 Å². The molecule has 0 radical (unpaired) electrons. The topological polar surface area (TPSA) is 649 Å². The number of carbonyl (C=O) groups excluding carboxylic acids is 10. The van der Waals surface area contributed by atoms with Crippen molar-refractivity contribution in [3.8, 4) is 0 Å². The summed E-state index contributed by atoms with van der Waals surface area (Å²) < 4.78 is 4.49. The summed E-state index contributed by atoms with van der Waals surface area (Å²) in [5.74, 6) is -6.70. The minimum Gasteiger partial charge on any atom is -0.383 e. The van der Waals surface area contributed by atoms with Gasteiger partial charge < -0.3 is 103 Å². The van der Waals surface area contributed by atoms with E-state index in [-0.39, 0.29) is 148 Å². The number of nitrogens with zero attached hydrogens (tertiary/aromatic N) is 8. The van der Waals surface area contributed by atoms with Crippen molar-refractivity contribution >= 4 is 99.1 Å². The summed E-state index contributed by atoms with van der Waals surface area (Å²) in [5.41, 5.74) is 45.5. The second kappa shape index (κ2) is 45.4. The minimum atomic E-state index is -0.905. The summed E-state index contributed by atoms with van der Waals surface area (Å²) in [6.07, 6.45) is 15.4. The molecule has 0 spiro atoms. The van der Waals surface area contributed by atoms with Crippen LogP contribution in [0.4, 0.5) is 17.7 Å². The lowest BCUT2D eigenvalue weighted by atomic mass is 9.83. The third-order valence-corrected chi connectivity index (χ3v) is 21.5. The number of rotatable bonds is 47. The summed E-state index contributed by atoms with van der Waals surface area (Å²) in [5, 5.41) is 27.2. The van der Waals surface area contributed by atoms with Gasteiger partial charge in [-0.1, -0.05) is 57.8 Å². The second-order valence-electron chi connectivity index (χ2n) is 30.6. The molecule has 8 rings (SSSR count). The molecule has 0 unspecified atom stereocenters. The van der Waals surface area contributed by atoms with Gasteiger partial charge in [0.15, 0.2) is 22.3 Å². The molecular weight excluding hydrogens is 1470 g/mol. The fourth-order valence-corrected chi connectivity index (χ4v) is 15.5. The molecule has 0 aromatic carbocycles. The predicted octanol–water partition coefficient (Wildman–Crippen LogP) is -2.08. The van der Waals surface area contributed by atoms with Gasteiger partial charge in [-0.15, -0.1) is 0 Å². The quantitative estimate of drug-likeness (QED) is 0.0186. The van der Waals surface area contributed by atoms with E-state index < -0.39 is 130 Å². The lowest BCUT2D eigenvalue weighted by Gasteiger charge is -2.33. The fourth-order valence-electron chi connectivity index (χ4n) is 15.5. The zero-order valence-corrected chi connectivity index (χ0v) is 65.1. The number of fused-ring (bicyclic) bond motifs is 2.